The first kappa shape index (κ1) is 18.7. The summed E-state index contributed by atoms with van der Waals surface area (Å²) in [6.45, 7) is 1.24. The molecule has 1 aromatic heterocycles. The Morgan fingerprint density at radius 1 is 1.17 bits per heavy atom. The lowest BCUT2D eigenvalue weighted by molar-refractivity contribution is 0.0696. The number of hydrogen-bond acceptors (Lipinski definition) is 4. The fraction of sp³-hybridized carbons (Fsp3) is 0.174. The first-order chi connectivity index (χ1) is 14.1. The third-order valence-electron chi connectivity index (χ3n) is 4.95. The molecule has 4 rings (SSSR count). The van der Waals surface area contributed by atoms with Crippen molar-refractivity contribution in [2.45, 2.75) is 19.4 Å². The van der Waals surface area contributed by atoms with Crippen LogP contribution in [0.5, 0.6) is 5.75 Å². The van der Waals surface area contributed by atoms with E-state index in [1.165, 1.54) is 0 Å². The highest BCUT2D eigenvalue weighted by atomic mass is 16.5. The number of imidazole rings is 1. The number of Topliss-reactive ketones (excluding diaryl/α,β-unsaturated/α-hetero) is 1. The van der Waals surface area contributed by atoms with Crippen LogP contribution in [0.3, 0.4) is 0 Å². The largest absolute Gasteiger partial charge is 0.492 e. The van der Waals surface area contributed by atoms with E-state index in [0.29, 0.717) is 25.1 Å². The third-order valence-corrected chi connectivity index (χ3v) is 4.95. The van der Waals surface area contributed by atoms with Gasteiger partial charge in [0.25, 0.3) is 0 Å². The van der Waals surface area contributed by atoms with E-state index in [4.69, 9.17) is 9.84 Å². The van der Waals surface area contributed by atoms with Gasteiger partial charge in [0.1, 0.15) is 12.4 Å². The van der Waals surface area contributed by atoms with Gasteiger partial charge in [-0.3, -0.25) is 4.79 Å². The molecule has 29 heavy (non-hydrogen) atoms. The van der Waals surface area contributed by atoms with Gasteiger partial charge in [0.2, 0.25) is 0 Å². The van der Waals surface area contributed by atoms with Crippen molar-refractivity contribution < 1.29 is 19.4 Å². The summed E-state index contributed by atoms with van der Waals surface area (Å²) in [7, 11) is 0. The maximum Gasteiger partial charge on any atom is 0.335 e. The molecule has 6 nitrogen and oxygen atoms in total. The third kappa shape index (κ3) is 4.27. The number of carboxylic acid groups (broad SMARTS) is 1. The SMILES string of the molecule is O=C(O)c1ccc(C=C2CCc3cc(OCCn4ccnc4)ccc3C2=O)cc1. The van der Waals surface area contributed by atoms with E-state index in [1.807, 2.05) is 35.0 Å². The molecule has 2 aromatic carbocycles. The van der Waals surface area contributed by atoms with Gasteiger partial charge in [0.15, 0.2) is 5.78 Å². The Hall–Kier alpha value is -3.67. The first-order valence-corrected chi connectivity index (χ1v) is 9.40. The minimum atomic E-state index is -0.963. The average Bonchev–Trinajstić information content (AvgIpc) is 3.24. The van der Waals surface area contributed by atoms with Gasteiger partial charge in [0, 0.05) is 23.5 Å². The van der Waals surface area contributed by atoms with Gasteiger partial charge in [-0.2, -0.15) is 0 Å². The summed E-state index contributed by atoms with van der Waals surface area (Å²) >= 11 is 0. The Bertz CT molecular complexity index is 1070. The van der Waals surface area contributed by atoms with Gasteiger partial charge in [0.05, 0.1) is 18.4 Å². The second-order valence-electron chi connectivity index (χ2n) is 6.89. The number of allylic oxidation sites excluding steroid dienone is 1. The fourth-order valence-electron chi connectivity index (χ4n) is 3.39. The van der Waals surface area contributed by atoms with E-state index in [0.717, 1.165) is 28.9 Å². The molecular formula is C23H20N2O4. The number of hydrogen-bond donors (Lipinski definition) is 1. The number of aromatic nitrogens is 2. The standard InChI is InChI=1S/C23H20N2O4/c26-22-19(13-16-1-3-17(4-2-16)23(27)28)6-5-18-14-20(7-8-21(18)22)29-12-11-25-10-9-24-15-25/h1-4,7-10,13-15H,5-6,11-12H2,(H,27,28). The highest BCUT2D eigenvalue weighted by molar-refractivity contribution is 6.13. The fourth-order valence-corrected chi connectivity index (χ4v) is 3.39. The lowest BCUT2D eigenvalue weighted by atomic mass is 9.86. The van der Waals surface area contributed by atoms with Crippen LogP contribution in [0.15, 0.2) is 66.8 Å². The number of rotatable bonds is 6. The van der Waals surface area contributed by atoms with Crippen molar-refractivity contribution in [3.05, 3.63) is 89.0 Å². The maximum absolute atomic E-state index is 12.9. The first-order valence-electron chi connectivity index (χ1n) is 9.40. The molecule has 1 aliphatic carbocycles. The minimum absolute atomic E-state index is 0.0125. The summed E-state index contributed by atoms with van der Waals surface area (Å²) in [6, 6.07) is 12.1. The second-order valence-corrected chi connectivity index (χ2v) is 6.89. The summed E-state index contributed by atoms with van der Waals surface area (Å²) in [5, 5.41) is 8.99. The molecule has 0 saturated heterocycles. The van der Waals surface area contributed by atoms with Crippen LogP contribution in [-0.2, 0) is 13.0 Å². The number of ether oxygens (including phenoxy) is 1. The Balaban J connectivity index is 1.45. The molecule has 1 heterocycles. The van der Waals surface area contributed by atoms with E-state index in [9.17, 15) is 9.59 Å². The summed E-state index contributed by atoms with van der Waals surface area (Å²) in [6.07, 6.45) is 8.61. The van der Waals surface area contributed by atoms with Crippen molar-refractivity contribution in [1.82, 2.24) is 9.55 Å². The molecule has 0 amide bonds. The zero-order chi connectivity index (χ0) is 20.2. The molecule has 1 N–H and O–H groups in total. The Labute approximate surface area is 168 Å². The Morgan fingerprint density at radius 2 is 2.00 bits per heavy atom. The van der Waals surface area contributed by atoms with Crippen LogP contribution in [0.1, 0.15) is 38.3 Å². The molecule has 0 unspecified atom stereocenters. The molecule has 0 atom stereocenters. The Morgan fingerprint density at radius 3 is 2.72 bits per heavy atom. The van der Waals surface area contributed by atoms with Crippen molar-refractivity contribution in [1.29, 1.82) is 0 Å². The quantitative estimate of drug-likeness (QED) is 0.648. The average molecular weight is 388 g/mol. The van der Waals surface area contributed by atoms with Crippen molar-refractivity contribution >= 4 is 17.8 Å². The summed E-state index contributed by atoms with van der Waals surface area (Å²) in [5.41, 5.74) is 3.48. The maximum atomic E-state index is 12.9. The van der Waals surface area contributed by atoms with Crippen molar-refractivity contribution in [3.8, 4) is 5.75 Å². The van der Waals surface area contributed by atoms with E-state index >= 15 is 0 Å². The number of fused-ring (bicyclic) bond motifs is 1. The summed E-state index contributed by atoms with van der Waals surface area (Å²) in [5.74, 6) is -0.193. The smallest absolute Gasteiger partial charge is 0.335 e. The van der Waals surface area contributed by atoms with Crippen molar-refractivity contribution in [2.75, 3.05) is 6.61 Å². The summed E-state index contributed by atoms with van der Waals surface area (Å²) < 4.78 is 7.76. The van der Waals surface area contributed by atoms with Crippen molar-refractivity contribution in [2.24, 2.45) is 0 Å². The number of carbonyl (C=O) groups is 2. The molecule has 0 radical (unpaired) electrons. The zero-order valence-electron chi connectivity index (χ0n) is 15.7. The van der Waals surface area contributed by atoms with Gasteiger partial charge < -0.3 is 14.4 Å². The van der Waals surface area contributed by atoms with Crippen LogP contribution in [0.25, 0.3) is 6.08 Å². The molecule has 1 aliphatic rings. The molecule has 6 heteroatoms. The molecule has 3 aromatic rings. The second kappa shape index (κ2) is 8.14. The van der Waals surface area contributed by atoms with Gasteiger partial charge in [-0.25, -0.2) is 9.78 Å². The van der Waals surface area contributed by atoms with Crippen LogP contribution in [0.2, 0.25) is 0 Å². The number of carboxylic acids is 1. The van der Waals surface area contributed by atoms with E-state index in [1.54, 1.807) is 36.8 Å². The predicted octanol–water partition coefficient (Wildman–Crippen LogP) is 3.87. The molecule has 0 aliphatic heterocycles. The van der Waals surface area contributed by atoms with Crippen LogP contribution in [0.4, 0.5) is 0 Å². The highest BCUT2D eigenvalue weighted by Gasteiger charge is 2.22. The van der Waals surface area contributed by atoms with Crippen LogP contribution >= 0.6 is 0 Å². The number of ketones is 1. The molecule has 0 spiro atoms. The molecule has 146 valence electrons. The normalized spacial score (nSPS) is 14.6. The number of aromatic carboxylic acids is 1. The van der Waals surface area contributed by atoms with Gasteiger partial charge in [-0.15, -0.1) is 0 Å². The number of aryl methyl sites for hydroxylation is 1. The van der Waals surface area contributed by atoms with Gasteiger partial charge in [-0.1, -0.05) is 12.1 Å². The minimum Gasteiger partial charge on any atom is -0.492 e. The molecule has 0 bridgehead atoms. The number of benzene rings is 2. The summed E-state index contributed by atoms with van der Waals surface area (Å²) in [4.78, 5) is 27.8. The van der Waals surface area contributed by atoms with Crippen LogP contribution < -0.4 is 4.74 Å². The van der Waals surface area contributed by atoms with E-state index < -0.39 is 5.97 Å². The number of nitrogens with zero attached hydrogens (tertiary/aromatic N) is 2. The van der Waals surface area contributed by atoms with Gasteiger partial charge >= 0.3 is 5.97 Å². The molecule has 0 saturated carbocycles. The molecule has 0 fully saturated rings. The van der Waals surface area contributed by atoms with Crippen LogP contribution in [-0.4, -0.2) is 33.0 Å². The highest BCUT2D eigenvalue weighted by Crippen LogP contribution is 2.29. The molecular weight excluding hydrogens is 368 g/mol. The van der Waals surface area contributed by atoms with E-state index in [2.05, 4.69) is 4.98 Å². The van der Waals surface area contributed by atoms with Gasteiger partial charge in [-0.05, 0) is 60.4 Å². The van der Waals surface area contributed by atoms with E-state index in [-0.39, 0.29) is 11.3 Å². The predicted molar refractivity (Wildman–Crippen MR) is 108 cm³/mol. The number of carbonyl (C=O) groups excluding carboxylic acids is 1. The monoisotopic (exact) mass is 388 g/mol. The lowest BCUT2D eigenvalue weighted by Crippen LogP contribution is -2.14. The van der Waals surface area contributed by atoms with Crippen molar-refractivity contribution in [3.63, 3.8) is 0 Å². The zero-order valence-corrected chi connectivity index (χ0v) is 15.7. The van der Waals surface area contributed by atoms with Crippen LogP contribution in [0, 0.1) is 0 Å². The topological polar surface area (TPSA) is 81.4 Å². The lowest BCUT2D eigenvalue weighted by Gasteiger charge is -2.19. The Kier molecular flexibility index (Phi) is 5.24.